The molecule has 1 aromatic heterocycles. The SMILES string of the molecule is CC1CCCN(C(=O)CN2CCC3(CCC2=O)NC(=O)c2cccnc2N3)C1. The van der Waals surface area contributed by atoms with Crippen molar-refractivity contribution in [2.75, 3.05) is 31.5 Å². The number of piperidine rings is 1. The van der Waals surface area contributed by atoms with Crippen LogP contribution in [0.5, 0.6) is 0 Å². The third-order valence-electron chi connectivity index (χ3n) is 6.03. The van der Waals surface area contributed by atoms with Crippen LogP contribution in [0.1, 0.15) is 49.4 Å². The van der Waals surface area contributed by atoms with Gasteiger partial charge in [-0.15, -0.1) is 0 Å². The molecule has 28 heavy (non-hydrogen) atoms. The number of carbonyl (C=O) groups excluding carboxylic acids is 3. The Morgan fingerprint density at radius 3 is 2.96 bits per heavy atom. The maximum Gasteiger partial charge on any atom is 0.256 e. The van der Waals surface area contributed by atoms with Crippen molar-refractivity contribution in [3.63, 3.8) is 0 Å². The summed E-state index contributed by atoms with van der Waals surface area (Å²) >= 11 is 0. The van der Waals surface area contributed by atoms with E-state index in [0.717, 1.165) is 25.9 Å². The highest BCUT2D eigenvalue weighted by atomic mass is 16.2. The van der Waals surface area contributed by atoms with E-state index in [9.17, 15) is 14.4 Å². The van der Waals surface area contributed by atoms with Crippen LogP contribution in [0.2, 0.25) is 0 Å². The number of carbonyl (C=O) groups is 3. The Morgan fingerprint density at radius 1 is 1.29 bits per heavy atom. The van der Waals surface area contributed by atoms with Crippen LogP contribution in [0.25, 0.3) is 0 Å². The second kappa shape index (κ2) is 7.41. The van der Waals surface area contributed by atoms with E-state index >= 15 is 0 Å². The fourth-order valence-electron chi connectivity index (χ4n) is 4.38. The molecular formula is C20H27N5O3. The molecule has 3 amide bonds. The second-order valence-corrected chi connectivity index (χ2v) is 8.21. The second-order valence-electron chi connectivity index (χ2n) is 8.21. The van der Waals surface area contributed by atoms with Crippen molar-refractivity contribution < 1.29 is 14.4 Å². The molecule has 0 aromatic carbocycles. The van der Waals surface area contributed by atoms with Gasteiger partial charge in [-0.2, -0.15) is 0 Å². The summed E-state index contributed by atoms with van der Waals surface area (Å²) in [6.07, 6.45) is 5.09. The zero-order valence-electron chi connectivity index (χ0n) is 16.2. The number of fused-ring (bicyclic) bond motifs is 1. The maximum atomic E-state index is 12.7. The third kappa shape index (κ3) is 3.68. The van der Waals surface area contributed by atoms with Crippen LogP contribution < -0.4 is 10.6 Å². The number of anilines is 1. The molecule has 2 fully saturated rings. The predicted octanol–water partition coefficient (Wildman–Crippen LogP) is 1.20. The lowest BCUT2D eigenvalue weighted by Crippen LogP contribution is -2.58. The molecule has 0 bridgehead atoms. The molecule has 2 unspecified atom stereocenters. The largest absolute Gasteiger partial charge is 0.347 e. The van der Waals surface area contributed by atoms with Crippen LogP contribution in [0.4, 0.5) is 5.82 Å². The Bertz CT molecular complexity index is 798. The molecule has 8 nitrogen and oxygen atoms in total. The lowest BCUT2D eigenvalue weighted by atomic mass is 9.97. The molecule has 0 aliphatic carbocycles. The van der Waals surface area contributed by atoms with Crippen LogP contribution >= 0.6 is 0 Å². The average molecular weight is 385 g/mol. The van der Waals surface area contributed by atoms with Gasteiger partial charge in [-0.05, 0) is 37.3 Å². The number of hydrogen-bond acceptors (Lipinski definition) is 5. The highest BCUT2D eigenvalue weighted by Crippen LogP contribution is 2.30. The first-order valence-electron chi connectivity index (χ1n) is 10.1. The summed E-state index contributed by atoms with van der Waals surface area (Å²) in [7, 11) is 0. The average Bonchev–Trinajstić information content (AvgIpc) is 2.82. The van der Waals surface area contributed by atoms with Crippen molar-refractivity contribution in [3.8, 4) is 0 Å². The van der Waals surface area contributed by atoms with E-state index in [-0.39, 0.29) is 30.7 Å². The first-order valence-corrected chi connectivity index (χ1v) is 10.1. The molecule has 1 aromatic rings. The van der Waals surface area contributed by atoms with E-state index in [2.05, 4.69) is 22.5 Å². The minimum absolute atomic E-state index is 0.0171. The van der Waals surface area contributed by atoms with Gasteiger partial charge in [0.2, 0.25) is 11.8 Å². The number of amides is 3. The van der Waals surface area contributed by atoms with Crippen molar-refractivity contribution in [3.05, 3.63) is 23.9 Å². The standard InChI is InChI=1S/C20H27N5O3/c1-14-4-3-10-24(12-14)17(27)13-25-11-8-20(7-6-16(25)26)22-18-15(19(28)23-20)5-2-9-21-18/h2,5,9,14H,3-4,6-8,10-13H2,1H3,(H,21,22)(H,23,28). The van der Waals surface area contributed by atoms with E-state index < -0.39 is 5.66 Å². The summed E-state index contributed by atoms with van der Waals surface area (Å²) in [5, 5.41) is 6.36. The third-order valence-corrected chi connectivity index (χ3v) is 6.03. The van der Waals surface area contributed by atoms with Crippen molar-refractivity contribution in [2.24, 2.45) is 5.92 Å². The Labute approximate surface area is 164 Å². The molecule has 2 N–H and O–H groups in total. The number of nitrogens with one attached hydrogen (secondary N) is 2. The van der Waals surface area contributed by atoms with Crippen molar-refractivity contribution in [2.45, 2.75) is 44.7 Å². The van der Waals surface area contributed by atoms with Crippen LogP contribution in [0, 0.1) is 5.92 Å². The Morgan fingerprint density at radius 2 is 2.14 bits per heavy atom. The molecule has 2 saturated heterocycles. The van der Waals surface area contributed by atoms with Gasteiger partial charge in [-0.1, -0.05) is 6.92 Å². The predicted molar refractivity (Wildman–Crippen MR) is 103 cm³/mol. The number of aromatic nitrogens is 1. The van der Waals surface area contributed by atoms with E-state index in [1.807, 2.05) is 4.90 Å². The number of nitrogens with zero attached hydrogens (tertiary/aromatic N) is 3. The van der Waals surface area contributed by atoms with Gasteiger partial charge < -0.3 is 20.4 Å². The molecule has 4 heterocycles. The minimum Gasteiger partial charge on any atom is -0.347 e. The van der Waals surface area contributed by atoms with Gasteiger partial charge in [0.05, 0.1) is 12.1 Å². The number of hydrogen-bond donors (Lipinski definition) is 2. The molecule has 150 valence electrons. The first-order chi connectivity index (χ1) is 13.5. The van der Waals surface area contributed by atoms with E-state index in [1.165, 1.54) is 0 Å². The van der Waals surface area contributed by atoms with Crippen molar-refractivity contribution >= 4 is 23.5 Å². The molecule has 3 aliphatic rings. The Balaban J connectivity index is 1.43. The molecular weight excluding hydrogens is 358 g/mol. The Hall–Kier alpha value is -2.64. The van der Waals surface area contributed by atoms with Crippen molar-refractivity contribution in [1.82, 2.24) is 20.1 Å². The fraction of sp³-hybridized carbons (Fsp3) is 0.600. The summed E-state index contributed by atoms with van der Waals surface area (Å²) in [5.74, 6) is 0.850. The van der Waals surface area contributed by atoms with Gasteiger partial charge in [0.1, 0.15) is 11.5 Å². The first kappa shape index (κ1) is 18.7. The van der Waals surface area contributed by atoms with E-state index in [4.69, 9.17) is 0 Å². The number of rotatable bonds is 2. The van der Waals surface area contributed by atoms with Gasteiger partial charge in [0.15, 0.2) is 0 Å². The van der Waals surface area contributed by atoms with Crippen LogP contribution in [-0.4, -0.2) is 64.3 Å². The number of pyridine rings is 1. The van der Waals surface area contributed by atoms with Gasteiger partial charge in [0.25, 0.3) is 5.91 Å². The summed E-state index contributed by atoms with van der Waals surface area (Å²) in [5.41, 5.74) is -0.194. The molecule has 0 saturated carbocycles. The van der Waals surface area contributed by atoms with E-state index in [0.29, 0.717) is 36.7 Å². The molecule has 2 atom stereocenters. The lowest BCUT2D eigenvalue weighted by Gasteiger charge is -2.39. The highest BCUT2D eigenvalue weighted by molar-refractivity contribution is 6.01. The van der Waals surface area contributed by atoms with Crippen LogP contribution in [-0.2, 0) is 9.59 Å². The molecule has 1 spiro atoms. The zero-order chi connectivity index (χ0) is 19.7. The maximum absolute atomic E-state index is 12.7. The van der Waals surface area contributed by atoms with Gasteiger partial charge in [0, 0.05) is 38.7 Å². The highest BCUT2D eigenvalue weighted by Gasteiger charge is 2.41. The minimum atomic E-state index is -0.703. The molecule has 4 rings (SSSR count). The molecule has 3 aliphatic heterocycles. The monoisotopic (exact) mass is 385 g/mol. The molecule has 8 heteroatoms. The topological polar surface area (TPSA) is 94.6 Å². The van der Waals surface area contributed by atoms with Crippen LogP contribution in [0.3, 0.4) is 0 Å². The van der Waals surface area contributed by atoms with Crippen molar-refractivity contribution in [1.29, 1.82) is 0 Å². The Kier molecular flexibility index (Phi) is 4.95. The fourth-order valence-corrected chi connectivity index (χ4v) is 4.38. The quantitative estimate of drug-likeness (QED) is 0.798. The lowest BCUT2D eigenvalue weighted by molar-refractivity contribution is -0.141. The van der Waals surface area contributed by atoms with Crippen LogP contribution in [0.15, 0.2) is 18.3 Å². The smallest absolute Gasteiger partial charge is 0.256 e. The van der Waals surface area contributed by atoms with Gasteiger partial charge in [-0.3, -0.25) is 14.4 Å². The van der Waals surface area contributed by atoms with E-state index in [1.54, 1.807) is 23.2 Å². The summed E-state index contributed by atoms with van der Waals surface area (Å²) in [4.78, 5) is 45.6. The summed E-state index contributed by atoms with van der Waals surface area (Å²) in [6.45, 7) is 4.23. The van der Waals surface area contributed by atoms with Gasteiger partial charge in [-0.25, -0.2) is 4.98 Å². The summed E-state index contributed by atoms with van der Waals surface area (Å²) < 4.78 is 0. The normalized spacial score (nSPS) is 27.7. The number of likely N-dealkylation sites (tertiary alicyclic amines) is 2. The molecule has 0 radical (unpaired) electrons. The summed E-state index contributed by atoms with van der Waals surface area (Å²) in [6, 6.07) is 3.45. The zero-order valence-corrected chi connectivity index (χ0v) is 16.2. The van der Waals surface area contributed by atoms with Gasteiger partial charge >= 0.3 is 0 Å².